The topological polar surface area (TPSA) is 33.6 Å². The van der Waals surface area contributed by atoms with Crippen LogP contribution in [0.15, 0.2) is 206 Å². The van der Waals surface area contributed by atoms with Crippen LogP contribution in [0.25, 0.3) is 111 Å². The van der Waals surface area contributed by atoms with Crippen molar-refractivity contribution < 1.29 is 13.2 Å². The van der Waals surface area contributed by atoms with Crippen molar-refractivity contribution in [1.82, 2.24) is 9.13 Å². The minimum atomic E-state index is -4.64. The zero-order chi connectivity index (χ0) is 49.4. The molecule has 0 N–H and O–H groups in total. The van der Waals surface area contributed by atoms with Gasteiger partial charge in [-0.15, -0.1) is 0 Å². The van der Waals surface area contributed by atoms with Gasteiger partial charge >= 0.3 is 6.18 Å². The Morgan fingerprint density at radius 1 is 0.347 bits per heavy atom. The Kier molecular flexibility index (Phi) is 10.6. The standard InChI is InChI=1S/C66H46F3N3/c1-40-13-5-9-17-50(40)45-22-29-61-56(34-45)57-35-46(51-18-10-6-14-41(51)2)23-30-62(57)71(61)60-28-21-44(39-70)33-55(60)54-27-26-49(66(67,68)69)38-65(54)72-63-31-24-47(52-19-11-7-15-42(52)3)36-58(63)59-37-48(25-32-64(59)72)53-20-12-8-16-43(53)4/h5-38H,1-4H3. The lowest BCUT2D eigenvalue weighted by Crippen LogP contribution is -2.08. The van der Waals surface area contributed by atoms with Gasteiger partial charge in [0.15, 0.2) is 0 Å². The number of alkyl halides is 3. The van der Waals surface area contributed by atoms with Crippen LogP contribution in [0.5, 0.6) is 0 Å². The van der Waals surface area contributed by atoms with Gasteiger partial charge < -0.3 is 9.13 Å². The number of nitriles is 1. The van der Waals surface area contributed by atoms with Crippen LogP contribution in [0.1, 0.15) is 33.4 Å². The lowest BCUT2D eigenvalue weighted by molar-refractivity contribution is -0.137. The molecule has 0 unspecified atom stereocenters. The highest BCUT2D eigenvalue weighted by atomic mass is 19.4. The summed E-state index contributed by atoms with van der Waals surface area (Å²) in [5, 5.41) is 14.4. The molecule has 2 aromatic heterocycles. The molecule has 12 rings (SSSR count). The molecule has 0 spiro atoms. The van der Waals surface area contributed by atoms with E-state index in [-0.39, 0.29) is 0 Å². The Bertz CT molecular complexity index is 4010. The summed E-state index contributed by atoms with van der Waals surface area (Å²) >= 11 is 0. The second-order valence-corrected chi connectivity index (χ2v) is 18.9. The Labute approximate surface area is 415 Å². The molecule has 0 atom stereocenters. The number of hydrogen-bond acceptors (Lipinski definition) is 1. The van der Waals surface area contributed by atoms with E-state index in [0.29, 0.717) is 22.4 Å². The van der Waals surface area contributed by atoms with E-state index in [1.54, 1.807) is 12.1 Å². The lowest BCUT2D eigenvalue weighted by Gasteiger charge is -2.20. The first-order valence-corrected chi connectivity index (χ1v) is 24.1. The van der Waals surface area contributed by atoms with Crippen LogP contribution in [0.2, 0.25) is 0 Å². The Morgan fingerprint density at radius 2 is 0.708 bits per heavy atom. The monoisotopic (exact) mass is 937 g/mol. The summed E-state index contributed by atoms with van der Waals surface area (Å²) in [6, 6.07) is 70.7. The second-order valence-electron chi connectivity index (χ2n) is 18.9. The molecule has 0 radical (unpaired) electrons. The van der Waals surface area contributed by atoms with E-state index >= 15 is 13.2 Å². The molecule has 0 aliphatic carbocycles. The van der Waals surface area contributed by atoms with Gasteiger partial charge in [0.05, 0.1) is 50.6 Å². The summed E-state index contributed by atoms with van der Waals surface area (Å²) in [7, 11) is 0. The van der Waals surface area contributed by atoms with E-state index in [1.807, 2.05) is 65.2 Å². The van der Waals surface area contributed by atoms with Crippen LogP contribution in [-0.4, -0.2) is 9.13 Å². The molecule has 2 heterocycles. The molecule has 0 aliphatic heterocycles. The molecule has 3 nitrogen and oxygen atoms in total. The largest absolute Gasteiger partial charge is 0.416 e. The molecule has 0 saturated carbocycles. The van der Waals surface area contributed by atoms with Gasteiger partial charge in [-0.3, -0.25) is 0 Å². The number of halogens is 3. The highest BCUT2D eigenvalue weighted by Gasteiger charge is 2.32. The Morgan fingerprint density at radius 3 is 1.06 bits per heavy atom. The van der Waals surface area contributed by atoms with Crippen LogP contribution >= 0.6 is 0 Å². The van der Waals surface area contributed by atoms with Crippen molar-refractivity contribution in [2.45, 2.75) is 33.9 Å². The minimum absolute atomic E-state index is 0.345. The molecule has 0 aliphatic rings. The number of benzene rings is 10. The predicted molar refractivity (Wildman–Crippen MR) is 291 cm³/mol. The molecule has 12 aromatic rings. The zero-order valence-electron chi connectivity index (χ0n) is 40.1. The Hall–Kier alpha value is -8.92. The lowest BCUT2D eigenvalue weighted by atomic mass is 9.96. The number of aryl methyl sites for hydroxylation is 4. The van der Waals surface area contributed by atoms with Crippen molar-refractivity contribution in [3.63, 3.8) is 0 Å². The number of fused-ring (bicyclic) bond motifs is 6. The van der Waals surface area contributed by atoms with Gasteiger partial charge in [-0.1, -0.05) is 127 Å². The van der Waals surface area contributed by atoms with Crippen LogP contribution in [0.4, 0.5) is 13.2 Å². The predicted octanol–water partition coefficient (Wildman–Crippen LogP) is 18.3. The van der Waals surface area contributed by atoms with Crippen molar-refractivity contribution in [3.8, 4) is 73.1 Å². The first kappa shape index (κ1) is 44.3. The summed E-state index contributed by atoms with van der Waals surface area (Å²) < 4.78 is 49.8. The number of rotatable bonds is 7. The van der Waals surface area contributed by atoms with Gasteiger partial charge in [0.25, 0.3) is 0 Å². The molecule has 6 heteroatoms. The van der Waals surface area contributed by atoms with E-state index < -0.39 is 11.7 Å². The fourth-order valence-corrected chi connectivity index (χ4v) is 11.0. The molecule has 0 saturated heterocycles. The first-order valence-electron chi connectivity index (χ1n) is 24.1. The quantitative estimate of drug-likeness (QED) is 0.157. The molecule has 72 heavy (non-hydrogen) atoms. The van der Waals surface area contributed by atoms with Crippen molar-refractivity contribution in [3.05, 3.63) is 240 Å². The average molecular weight is 938 g/mol. The van der Waals surface area contributed by atoms with Crippen LogP contribution < -0.4 is 0 Å². The SMILES string of the molecule is Cc1ccccc1-c1ccc2c(c1)c1cc(-c3ccccc3C)ccc1n2-c1ccc(C#N)cc1-c1ccc(C(F)(F)F)cc1-n1c2ccc(-c3ccccc3C)cc2c2cc(-c3ccccc3C)ccc21. The van der Waals surface area contributed by atoms with Gasteiger partial charge in [-0.2, -0.15) is 18.4 Å². The third kappa shape index (κ3) is 7.36. The van der Waals surface area contributed by atoms with E-state index in [4.69, 9.17) is 0 Å². The normalized spacial score (nSPS) is 11.8. The van der Waals surface area contributed by atoms with Crippen molar-refractivity contribution in [2.24, 2.45) is 0 Å². The summed E-state index contributed by atoms with van der Waals surface area (Å²) in [5.41, 5.74) is 18.4. The maximum Gasteiger partial charge on any atom is 0.416 e. The molecular weight excluding hydrogens is 892 g/mol. The van der Waals surface area contributed by atoms with Gasteiger partial charge in [0.1, 0.15) is 0 Å². The molecule has 0 bridgehead atoms. The molecule has 0 fully saturated rings. The average Bonchev–Trinajstić information content (AvgIpc) is 3.89. The van der Waals surface area contributed by atoms with Crippen molar-refractivity contribution in [1.29, 1.82) is 5.26 Å². The third-order valence-corrected chi connectivity index (χ3v) is 14.6. The van der Waals surface area contributed by atoms with E-state index in [1.165, 1.54) is 6.07 Å². The third-order valence-electron chi connectivity index (χ3n) is 14.6. The smallest absolute Gasteiger partial charge is 0.309 e. The number of nitrogens with zero attached hydrogens (tertiary/aromatic N) is 3. The van der Waals surface area contributed by atoms with Gasteiger partial charge in [-0.25, -0.2) is 0 Å². The molecule has 0 amide bonds. The van der Waals surface area contributed by atoms with Crippen molar-refractivity contribution >= 4 is 43.6 Å². The van der Waals surface area contributed by atoms with Crippen LogP contribution in [-0.2, 0) is 6.18 Å². The first-order chi connectivity index (χ1) is 34.9. The fraction of sp³-hybridized carbons (Fsp3) is 0.0758. The van der Waals surface area contributed by atoms with Gasteiger partial charge in [0.2, 0.25) is 0 Å². The summed E-state index contributed by atoms with van der Waals surface area (Å²) in [6.07, 6.45) is -4.64. The van der Waals surface area contributed by atoms with E-state index in [0.717, 1.165) is 122 Å². The Balaban J connectivity index is 1.16. The molecule has 346 valence electrons. The minimum Gasteiger partial charge on any atom is -0.309 e. The second kappa shape index (κ2) is 17.2. The summed E-state index contributed by atoms with van der Waals surface area (Å²) in [4.78, 5) is 0. The number of hydrogen-bond donors (Lipinski definition) is 0. The van der Waals surface area contributed by atoms with Crippen LogP contribution in [0, 0.1) is 39.0 Å². The number of aromatic nitrogens is 2. The summed E-state index contributed by atoms with van der Waals surface area (Å²) in [5.74, 6) is 0. The highest BCUT2D eigenvalue weighted by Crippen LogP contribution is 2.46. The fourth-order valence-electron chi connectivity index (χ4n) is 11.0. The maximum atomic E-state index is 15.2. The van der Waals surface area contributed by atoms with E-state index in [9.17, 15) is 5.26 Å². The summed E-state index contributed by atoms with van der Waals surface area (Å²) in [6.45, 7) is 8.41. The molecule has 10 aromatic carbocycles. The van der Waals surface area contributed by atoms with E-state index in [2.05, 4.69) is 160 Å². The zero-order valence-corrected chi connectivity index (χ0v) is 40.1. The van der Waals surface area contributed by atoms with Crippen LogP contribution in [0.3, 0.4) is 0 Å². The highest BCUT2D eigenvalue weighted by molar-refractivity contribution is 6.14. The van der Waals surface area contributed by atoms with Gasteiger partial charge in [0, 0.05) is 32.7 Å². The molecular formula is C66H46F3N3. The maximum absolute atomic E-state index is 15.2. The van der Waals surface area contributed by atoms with Gasteiger partial charge in [-0.05, 0) is 173 Å². The van der Waals surface area contributed by atoms with Crippen molar-refractivity contribution in [2.75, 3.05) is 0 Å².